The summed E-state index contributed by atoms with van der Waals surface area (Å²) >= 11 is 1.63. The van der Waals surface area contributed by atoms with Crippen molar-refractivity contribution >= 4 is 35.6 Å². The van der Waals surface area contributed by atoms with Gasteiger partial charge in [0.2, 0.25) is 11.8 Å². The van der Waals surface area contributed by atoms with Crippen molar-refractivity contribution in [1.29, 1.82) is 0 Å². The van der Waals surface area contributed by atoms with Crippen LogP contribution in [0.4, 0.5) is 0 Å². The lowest BCUT2D eigenvalue weighted by Crippen LogP contribution is -2.47. The van der Waals surface area contributed by atoms with Crippen LogP contribution in [0.3, 0.4) is 0 Å². The molecule has 0 radical (unpaired) electrons. The first-order valence-corrected chi connectivity index (χ1v) is 9.46. The van der Waals surface area contributed by atoms with Crippen LogP contribution >= 0.6 is 23.7 Å². The Bertz CT molecular complexity index is 532. The normalized spacial score (nSPS) is 23.6. The average molecular weight is 372 g/mol. The van der Waals surface area contributed by atoms with Crippen LogP contribution in [0.5, 0.6) is 0 Å². The van der Waals surface area contributed by atoms with E-state index < -0.39 is 0 Å². The van der Waals surface area contributed by atoms with E-state index in [2.05, 4.69) is 10.6 Å². The van der Waals surface area contributed by atoms with E-state index in [0.29, 0.717) is 18.9 Å². The summed E-state index contributed by atoms with van der Waals surface area (Å²) in [6.07, 6.45) is 4.61. The van der Waals surface area contributed by atoms with Crippen LogP contribution in [-0.2, 0) is 16.0 Å². The van der Waals surface area contributed by atoms with Crippen LogP contribution in [0, 0.1) is 5.92 Å². The molecule has 2 saturated heterocycles. The molecule has 2 fully saturated rings. The average Bonchev–Trinajstić information content (AvgIpc) is 3.26. The van der Waals surface area contributed by atoms with Crippen molar-refractivity contribution in [3.63, 3.8) is 0 Å². The van der Waals surface area contributed by atoms with E-state index in [-0.39, 0.29) is 30.3 Å². The zero-order valence-electron chi connectivity index (χ0n) is 13.8. The van der Waals surface area contributed by atoms with E-state index in [4.69, 9.17) is 0 Å². The Morgan fingerprint density at radius 3 is 2.92 bits per heavy atom. The van der Waals surface area contributed by atoms with Crippen molar-refractivity contribution in [2.75, 3.05) is 26.2 Å². The number of carbonyl (C=O) groups is 2. The summed E-state index contributed by atoms with van der Waals surface area (Å²) in [6, 6.07) is 1.99. The van der Waals surface area contributed by atoms with Gasteiger partial charge in [0, 0.05) is 19.6 Å². The summed E-state index contributed by atoms with van der Waals surface area (Å²) in [7, 11) is 0. The molecule has 3 heterocycles. The Morgan fingerprint density at radius 1 is 1.33 bits per heavy atom. The molecule has 0 bridgehead atoms. The molecular weight excluding hydrogens is 346 g/mol. The number of carbonyl (C=O) groups excluding carboxylic acids is 2. The number of halogens is 1. The number of piperidine rings is 1. The second-order valence-corrected chi connectivity index (χ2v) is 7.33. The number of nitrogens with one attached hydrogen (secondary N) is 2. The predicted octanol–water partition coefficient (Wildman–Crippen LogP) is 1.82. The second kappa shape index (κ2) is 9.39. The molecule has 2 unspecified atom stereocenters. The quantitative estimate of drug-likeness (QED) is 0.830. The van der Waals surface area contributed by atoms with Crippen LogP contribution in [0.2, 0.25) is 0 Å². The minimum atomic E-state index is -0.0186. The van der Waals surface area contributed by atoms with Crippen molar-refractivity contribution in [2.45, 2.75) is 38.1 Å². The van der Waals surface area contributed by atoms with E-state index in [1.807, 2.05) is 21.7 Å². The molecule has 1 aromatic rings. The molecule has 5 nitrogen and oxygen atoms in total. The van der Waals surface area contributed by atoms with E-state index in [1.54, 1.807) is 11.3 Å². The summed E-state index contributed by atoms with van der Waals surface area (Å²) < 4.78 is 0. The molecule has 0 spiro atoms. The molecule has 7 heteroatoms. The number of rotatable bonds is 5. The molecule has 0 aromatic carbocycles. The van der Waals surface area contributed by atoms with E-state index >= 15 is 0 Å². The smallest absolute Gasteiger partial charge is 0.237 e. The van der Waals surface area contributed by atoms with Gasteiger partial charge in [-0.25, -0.2) is 0 Å². The third-order valence-corrected chi connectivity index (χ3v) is 5.48. The summed E-state index contributed by atoms with van der Waals surface area (Å²) in [4.78, 5) is 26.4. The fourth-order valence-electron chi connectivity index (χ4n) is 3.41. The van der Waals surface area contributed by atoms with Crippen molar-refractivity contribution in [3.05, 3.63) is 22.4 Å². The van der Waals surface area contributed by atoms with Crippen molar-refractivity contribution in [3.8, 4) is 0 Å². The molecule has 2 amide bonds. The van der Waals surface area contributed by atoms with Crippen molar-refractivity contribution < 1.29 is 9.59 Å². The zero-order valence-corrected chi connectivity index (χ0v) is 15.5. The van der Waals surface area contributed by atoms with Crippen LogP contribution in [0.15, 0.2) is 16.8 Å². The van der Waals surface area contributed by atoms with E-state index in [0.717, 1.165) is 50.9 Å². The minimum absolute atomic E-state index is 0. The Morgan fingerprint density at radius 2 is 2.21 bits per heavy atom. The van der Waals surface area contributed by atoms with Gasteiger partial charge in [0.1, 0.15) is 0 Å². The Kier molecular flexibility index (Phi) is 7.52. The third-order valence-electron chi connectivity index (χ3n) is 4.75. The van der Waals surface area contributed by atoms with Gasteiger partial charge < -0.3 is 15.5 Å². The van der Waals surface area contributed by atoms with Crippen LogP contribution in [-0.4, -0.2) is 48.9 Å². The number of amides is 2. The van der Waals surface area contributed by atoms with E-state index in [9.17, 15) is 9.59 Å². The second-order valence-electron chi connectivity index (χ2n) is 6.55. The number of hydrogen-bond donors (Lipinski definition) is 2. The summed E-state index contributed by atoms with van der Waals surface area (Å²) in [5, 5.41) is 10.3. The maximum atomic E-state index is 12.4. The van der Waals surface area contributed by atoms with Gasteiger partial charge in [-0.3, -0.25) is 9.59 Å². The highest BCUT2D eigenvalue weighted by atomic mass is 35.5. The monoisotopic (exact) mass is 371 g/mol. The standard InChI is InChI=1S/C17H25N3O2S.ClH/c21-16(9-13-5-8-23-12-13)20-7-2-3-14(11-20)10-19-17(22)15-4-1-6-18-15;/h5,8,12,14-15,18H,1-4,6-7,9-11H2,(H,19,22);1H. The van der Waals surface area contributed by atoms with E-state index in [1.165, 1.54) is 0 Å². The highest BCUT2D eigenvalue weighted by Gasteiger charge is 2.26. The number of nitrogens with zero attached hydrogens (tertiary/aromatic N) is 1. The lowest BCUT2D eigenvalue weighted by molar-refractivity contribution is -0.132. The van der Waals surface area contributed by atoms with Crippen LogP contribution < -0.4 is 10.6 Å². The first kappa shape index (κ1) is 19.2. The molecular formula is C17H26ClN3O2S. The Hall–Kier alpha value is -1.11. The van der Waals surface area contributed by atoms with Crippen molar-refractivity contribution in [2.24, 2.45) is 5.92 Å². The van der Waals surface area contributed by atoms with Gasteiger partial charge >= 0.3 is 0 Å². The molecule has 24 heavy (non-hydrogen) atoms. The number of likely N-dealkylation sites (tertiary alicyclic amines) is 1. The molecule has 2 atom stereocenters. The highest BCUT2D eigenvalue weighted by molar-refractivity contribution is 7.08. The maximum absolute atomic E-state index is 12.4. The van der Waals surface area contributed by atoms with Gasteiger partial charge in [-0.15, -0.1) is 12.4 Å². The molecule has 1 aromatic heterocycles. The van der Waals surface area contributed by atoms with Gasteiger partial charge in [0.25, 0.3) is 0 Å². The Labute approximate surface area is 153 Å². The van der Waals surface area contributed by atoms with Gasteiger partial charge in [-0.2, -0.15) is 11.3 Å². The minimum Gasteiger partial charge on any atom is -0.354 e. The molecule has 2 N–H and O–H groups in total. The number of hydrogen-bond acceptors (Lipinski definition) is 4. The molecule has 2 aliphatic heterocycles. The third kappa shape index (κ3) is 5.19. The van der Waals surface area contributed by atoms with Gasteiger partial charge in [0.05, 0.1) is 12.5 Å². The maximum Gasteiger partial charge on any atom is 0.237 e. The van der Waals surface area contributed by atoms with Crippen LogP contribution in [0.25, 0.3) is 0 Å². The van der Waals surface area contributed by atoms with Gasteiger partial charge in [0.15, 0.2) is 0 Å². The summed E-state index contributed by atoms with van der Waals surface area (Å²) in [5.41, 5.74) is 1.10. The first-order valence-electron chi connectivity index (χ1n) is 8.52. The fraction of sp³-hybridized carbons (Fsp3) is 0.647. The summed E-state index contributed by atoms with van der Waals surface area (Å²) in [6.45, 7) is 3.23. The first-order chi connectivity index (χ1) is 11.2. The molecule has 0 aliphatic carbocycles. The van der Waals surface area contributed by atoms with Crippen LogP contribution in [0.1, 0.15) is 31.2 Å². The molecule has 2 aliphatic rings. The SMILES string of the molecule is Cl.O=C(NCC1CCCN(C(=O)Cc2ccsc2)C1)C1CCCN1. The zero-order chi connectivity index (χ0) is 16.1. The Balaban J connectivity index is 0.00000208. The highest BCUT2D eigenvalue weighted by Crippen LogP contribution is 2.18. The van der Waals surface area contributed by atoms with Gasteiger partial charge in [-0.1, -0.05) is 0 Å². The topological polar surface area (TPSA) is 61.4 Å². The molecule has 3 rings (SSSR count). The summed E-state index contributed by atoms with van der Waals surface area (Å²) in [5.74, 6) is 0.696. The lowest BCUT2D eigenvalue weighted by Gasteiger charge is -2.33. The molecule has 134 valence electrons. The number of thiophene rings is 1. The molecule has 0 saturated carbocycles. The lowest BCUT2D eigenvalue weighted by atomic mass is 9.97. The largest absolute Gasteiger partial charge is 0.354 e. The predicted molar refractivity (Wildman–Crippen MR) is 98.6 cm³/mol. The fourth-order valence-corrected chi connectivity index (χ4v) is 4.08. The van der Waals surface area contributed by atoms with Crippen molar-refractivity contribution in [1.82, 2.24) is 15.5 Å². The van der Waals surface area contributed by atoms with Gasteiger partial charge in [-0.05, 0) is 60.5 Å².